The van der Waals surface area contributed by atoms with Crippen LogP contribution in [-0.2, 0) is 0 Å². The van der Waals surface area contributed by atoms with Crippen molar-refractivity contribution in [3.63, 3.8) is 0 Å². The van der Waals surface area contributed by atoms with E-state index in [1.165, 1.54) is 0 Å². The Morgan fingerprint density at radius 3 is 2.33 bits per heavy atom. The van der Waals surface area contributed by atoms with Crippen LogP contribution < -0.4 is 5.32 Å². The summed E-state index contributed by atoms with van der Waals surface area (Å²) < 4.78 is 0. The van der Waals surface area contributed by atoms with Crippen LogP contribution in [0.25, 0.3) is 11.3 Å². The Hall–Kier alpha value is -0.960. The molecule has 94 valence electrons. The Bertz CT molecular complexity index is 597. The van der Waals surface area contributed by atoms with E-state index < -0.39 is 0 Å². The maximum atomic E-state index is 6.17. The lowest BCUT2D eigenvalue weighted by atomic mass is 10.1. The van der Waals surface area contributed by atoms with Crippen molar-refractivity contribution < 1.29 is 0 Å². The quantitative estimate of drug-likeness (QED) is 0.838. The highest BCUT2D eigenvalue weighted by Crippen LogP contribution is 2.33. The number of nitrogens with one attached hydrogen (secondary N) is 1. The van der Waals surface area contributed by atoms with Crippen molar-refractivity contribution in [2.45, 2.75) is 6.92 Å². The molecule has 0 bridgehead atoms. The Labute approximate surface area is 121 Å². The summed E-state index contributed by atoms with van der Waals surface area (Å²) in [5, 5.41) is 4.60. The van der Waals surface area contributed by atoms with Gasteiger partial charge in [0, 0.05) is 17.6 Å². The van der Waals surface area contributed by atoms with Crippen molar-refractivity contribution >= 4 is 40.6 Å². The zero-order valence-electron chi connectivity index (χ0n) is 9.89. The highest BCUT2D eigenvalue weighted by atomic mass is 35.5. The Balaban J connectivity index is 2.59. The number of anilines is 1. The molecule has 0 aliphatic carbocycles. The summed E-state index contributed by atoms with van der Waals surface area (Å²) in [5.41, 5.74) is 2.54. The third-order valence-corrected chi connectivity index (χ3v) is 3.60. The molecule has 0 fully saturated rings. The van der Waals surface area contributed by atoms with Crippen LogP contribution >= 0.6 is 34.8 Å². The molecule has 18 heavy (non-hydrogen) atoms. The molecule has 1 aromatic carbocycles. The molecule has 5 heteroatoms. The van der Waals surface area contributed by atoms with Crippen LogP contribution in [0, 0.1) is 6.92 Å². The summed E-state index contributed by atoms with van der Waals surface area (Å²) in [4.78, 5) is 4.40. The Kier molecular flexibility index (Phi) is 4.00. The number of pyridine rings is 1. The van der Waals surface area contributed by atoms with E-state index in [1.807, 2.05) is 25.1 Å². The monoisotopic (exact) mass is 300 g/mol. The first kappa shape index (κ1) is 13.5. The van der Waals surface area contributed by atoms with Gasteiger partial charge in [0.05, 0.1) is 15.7 Å². The van der Waals surface area contributed by atoms with Gasteiger partial charge < -0.3 is 5.32 Å². The van der Waals surface area contributed by atoms with E-state index in [0.29, 0.717) is 26.6 Å². The van der Waals surface area contributed by atoms with Gasteiger partial charge in [-0.3, -0.25) is 0 Å². The first-order valence-corrected chi connectivity index (χ1v) is 6.46. The molecular weight excluding hydrogens is 291 g/mol. The minimum Gasteiger partial charge on any atom is -0.372 e. The van der Waals surface area contributed by atoms with Crippen LogP contribution in [0.2, 0.25) is 15.1 Å². The largest absolute Gasteiger partial charge is 0.372 e. The van der Waals surface area contributed by atoms with Gasteiger partial charge in [0.15, 0.2) is 0 Å². The van der Waals surface area contributed by atoms with E-state index in [9.17, 15) is 0 Å². The molecule has 0 saturated carbocycles. The Morgan fingerprint density at radius 2 is 1.72 bits per heavy atom. The van der Waals surface area contributed by atoms with Crippen LogP contribution in [0.3, 0.4) is 0 Å². The second-order valence-electron chi connectivity index (χ2n) is 3.86. The lowest BCUT2D eigenvalue weighted by Crippen LogP contribution is -1.96. The van der Waals surface area contributed by atoms with Crippen LogP contribution in [0.15, 0.2) is 24.3 Å². The predicted octanol–water partition coefficient (Wildman–Crippen LogP) is 5.06. The van der Waals surface area contributed by atoms with Gasteiger partial charge in [-0.05, 0) is 24.6 Å². The minimum absolute atomic E-state index is 0.490. The lowest BCUT2D eigenvalue weighted by Gasteiger charge is -2.09. The van der Waals surface area contributed by atoms with Gasteiger partial charge in [-0.25, -0.2) is 4.98 Å². The average molecular weight is 302 g/mol. The van der Waals surface area contributed by atoms with Gasteiger partial charge in [-0.2, -0.15) is 0 Å². The van der Waals surface area contributed by atoms with Crippen molar-refractivity contribution in [2.24, 2.45) is 0 Å². The van der Waals surface area contributed by atoms with Crippen LogP contribution in [0.1, 0.15) is 5.56 Å². The standard InChI is InChI=1S/C13H11Cl3N2/c1-7-3-4-8(5-9(7)14)12-10(15)6-11(16)13(17-2)18-12/h3-6H,1-2H3,(H,17,18). The molecule has 0 unspecified atom stereocenters. The highest BCUT2D eigenvalue weighted by Gasteiger charge is 2.11. The number of benzene rings is 1. The first-order valence-electron chi connectivity index (χ1n) is 5.33. The van der Waals surface area contributed by atoms with E-state index in [0.717, 1.165) is 11.1 Å². The van der Waals surface area contributed by atoms with E-state index in [2.05, 4.69) is 10.3 Å². The lowest BCUT2D eigenvalue weighted by molar-refractivity contribution is 1.28. The molecule has 1 N–H and O–H groups in total. The molecular formula is C13H11Cl3N2. The zero-order valence-corrected chi connectivity index (χ0v) is 12.2. The molecule has 2 aromatic rings. The van der Waals surface area contributed by atoms with E-state index in [1.54, 1.807) is 13.1 Å². The van der Waals surface area contributed by atoms with Crippen LogP contribution in [-0.4, -0.2) is 12.0 Å². The van der Waals surface area contributed by atoms with Gasteiger partial charge in [0.1, 0.15) is 5.82 Å². The zero-order chi connectivity index (χ0) is 13.3. The van der Waals surface area contributed by atoms with Crippen molar-refractivity contribution in [1.82, 2.24) is 4.98 Å². The molecule has 0 atom stereocenters. The smallest absolute Gasteiger partial charge is 0.145 e. The van der Waals surface area contributed by atoms with Gasteiger partial charge in [-0.15, -0.1) is 0 Å². The number of halogens is 3. The fourth-order valence-corrected chi connectivity index (χ4v) is 2.33. The summed E-state index contributed by atoms with van der Waals surface area (Å²) in [5.74, 6) is 0.591. The summed E-state index contributed by atoms with van der Waals surface area (Å²) in [7, 11) is 1.76. The molecule has 0 aliphatic rings. The molecule has 1 heterocycles. The normalized spacial score (nSPS) is 10.5. The molecule has 0 radical (unpaired) electrons. The number of aromatic nitrogens is 1. The molecule has 0 saturated heterocycles. The van der Waals surface area contributed by atoms with Crippen molar-refractivity contribution in [3.05, 3.63) is 44.9 Å². The third kappa shape index (κ3) is 2.56. The second-order valence-corrected chi connectivity index (χ2v) is 5.08. The molecule has 0 spiro atoms. The van der Waals surface area contributed by atoms with Gasteiger partial charge >= 0.3 is 0 Å². The van der Waals surface area contributed by atoms with Crippen LogP contribution in [0.4, 0.5) is 5.82 Å². The highest BCUT2D eigenvalue weighted by molar-refractivity contribution is 6.37. The summed E-state index contributed by atoms with van der Waals surface area (Å²) in [6.07, 6.45) is 0. The summed E-state index contributed by atoms with van der Waals surface area (Å²) in [6, 6.07) is 7.38. The molecule has 2 nitrogen and oxygen atoms in total. The van der Waals surface area contributed by atoms with Gasteiger partial charge in [-0.1, -0.05) is 46.9 Å². The Morgan fingerprint density at radius 1 is 1.00 bits per heavy atom. The SMILES string of the molecule is CNc1nc(-c2ccc(C)c(Cl)c2)c(Cl)cc1Cl. The number of aryl methyl sites for hydroxylation is 1. The van der Waals surface area contributed by atoms with Crippen LogP contribution in [0.5, 0.6) is 0 Å². The summed E-state index contributed by atoms with van der Waals surface area (Å²) >= 11 is 18.3. The average Bonchev–Trinajstić information content (AvgIpc) is 2.33. The van der Waals surface area contributed by atoms with E-state index in [-0.39, 0.29) is 0 Å². The van der Waals surface area contributed by atoms with Crippen molar-refractivity contribution in [3.8, 4) is 11.3 Å². The van der Waals surface area contributed by atoms with E-state index in [4.69, 9.17) is 34.8 Å². The minimum atomic E-state index is 0.490. The predicted molar refractivity (Wildman–Crippen MR) is 79.0 cm³/mol. The van der Waals surface area contributed by atoms with Crippen molar-refractivity contribution in [1.29, 1.82) is 0 Å². The fraction of sp³-hybridized carbons (Fsp3) is 0.154. The van der Waals surface area contributed by atoms with Gasteiger partial charge in [0.25, 0.3) is 0 Å². The number of hydrogen-bond acceptors (Lipinski definition) is 2. The summed E-state index contributed by atoms with van der Waals surface area (Å²) in [6.45, 7) is 1.95. The molecule has 0 amide bonds. The molecule has 2 rings (SSSR count). The third-order valence-electron chi connectivity index (χ3n) is 2.61. The first-order chi connectivity index (χ1) is 8.52. The maximum absolute atomic E-state index is 6.17. The number of nitrogens with zero attached hydrogens (tertiary/aromatic N) is 1. The van der Waals surface area contributed by atoms with E-state index >= 15 is 0 Å². The van der Waals surface area contributed by atoms with Gasteiger partial charge in [0.2, 0.25) is 0 Å². The number of rotatable bonds is 2. The molecule has 0 aliphatic heterocycles. The second kappa shape index (κ2) is 5.35. The van der Waals surface area contributed by atoms with Crippen molar-refractivity contribution in [2.75, 3.05) is 12.4 Å². The maximum Gasteiger partial charge on any atom is 0.145 e. The number of hydrogen-bond donors (Lipinski definition) is 1. The topological polar surface area (TPSA) is 24.9 Å². The fourth-order valence-electron chi connectivity index (χ4n) is 1.58. The molecule has 1 aromatic heterocycles.